The van der Waals surface area contributed by atoms with Crippen LogP contribution in [-0.2, 0) is 9.57 Å². The van der Waals surface area contributed by atoms with E-state index in [0.29, 0.717) is 15.8 Å². The second-order valence-electron chi connectivity index (χ2n) is 4.64. The van der Waals surface area contributed by atoms with Gasteiger partial charge in [-0.25, -0.2) is 0 Å². The molecule has 0 aliphatic carbocycles. The fraction of sp³-hybridized carbons (Fsp3) is 0.250. The fourth-order valence-corrected chi connectivity index (χ4v) is 2.50. The van der Waals surface area contributed by atoms with Crippen LogP contribution in [0.3, 0.4) is 0 Å². The lowest BCUT2D eigenvalue weighted by Gasteiger charge is -2.16. The van der Waals surface area contributed by atoms with Gasteiger partial charge in [-0.05, 0) is 23.8 Å². The van der Waals surface area contributed by atoms with Gasteiger partial charge in [0, 0.05) is 36.0 Å². The highest BCUT2D eigenvalue weighted by molar-refractivity contribution is 6.37. The van der Waals surface area contributed by atoms with Crippen molar-refractivity contribution in [3.8, 4) is 0 Å². The van der Waals surface area contributed by atoms with Gasteiger partial charge in [-0.1, -0.05) is 47.4 Å². The van der Waals surface area contributed by atoms with Gasteiger partial charge in [0.25, 0.3) is 0 Å². The zero-order valence-electron chi connectivity index (χ0n) is 12.3. The standard InChI is InChI=1S/C16H16Cl2N2O2/c1-11(12-4-3-7-19-9-12)16(20-22-10-21-2)14-6-5-13(17)8-15(14)18/h3-9,11H,10H2,1-2H3. The van der Waals surface area contributed by atoms with E-state index in [-0.39, 0.29) is 12.7 Å². The minimum Gasteiger partial charge on any atom is -0.367 e. The van der Waals surface area contributed by atoms with E-state index in [4.69, 9.17) is 32.8 Å². The van der Waals surface area contributed by atoms with Crippen molar-refractivity contribution in [3.05, 3.63) is 63.9 Å². The average molecular weight is 339 g/mol. The van der Waals surface area contributed by atoms with Gasteiger partial charge in [0.05, 0.1) is 10.7 Å². The molecule has 22 heavy (non-hydrogen) atoms. The van der Waals surface area contributed by atoms with Gasteiger partial charge in [0.1, 0.15) is 0 Å². The van der Waals surface area contributed by atoms with Crippen molar-refractivity contribution in [1.29, 1.82) is 0 Å². The molecule has 1 heterocycles. The van der Waals surface area contributed by atoms with Crippen LogP contribution in [0.4, 0.5) is 0 Å². The number of methoxy groups -OCH3 is 1. The topological polar surface area (TPSA) is 43.7 Å². The van der Waals surface area contributed by atoms with Gasteiger partial charge < -0.3 is 9.57 Å². The Bertz CT molecular complexity index is 648. The van der Waals surface area contributed by atoms with Crippen molar-refractivity contribution >= 4 is 28.9 Å². The summed E-state index contributed by atoms with van der Waals surface area (Å²) in [5.41, 5.74) is 2.46. The summed E-state index contributed by atoms with van der Waals surface area (Å²) in [7, 11) is 1.54. The Morgan fingerprint density at radius 3 is 2.77 bits per heavy atom. The number of benzene rings is 1. The predicted octanol–water partition coefficient (Wildman–Crippen LogP) is 4.52. The molecule has 2 aromatic rings. The molecule has 1 aromatic heterocycles. The van der Waals surface area contributed by atoms with Crippen molar-refractivity contribution in [1.82, 2.24) is 4.98 Å². The summed E-state index contributed by atoms with van der Waals surface area (Å²) < 4.78 is 4.87. The van der Waals surface area contributed by atoms with Gasteiger partial charge in [-0.3, -0.25) is 4.98 Å². The Kier molecular flexibility index (Phi) is 6.19. The highest BCUT2D eigenvalue weighted by Gasteiger charge is 2.19. The van der Waals surface area contributed by atoms with Gasteiger partial charge in [0.15, 0.2) is 0 Å². The fourth-order valence-electron chi connectivity index (χ4n) is 2.00. The van der Waals surface area contributed by atoms with E-state index >= 15 is 0 Å². The van der Waals surface area contributed by atoms with Crippen LogP contribution < -0.4 is 0 Å². The number of pyridine rings is 1. The van der Waals surface area contributed by atoms with E-state index in [1.807, 2.05) is 25.1 Å². The average Bonchev–Trinajstić information content (AvgIpc) is 2.53. The number of nitrogens with zero attached hydrogens (tertiary/aromatic N) is 2. The molecule has 0 aliphatic heterocycles. The molecule has 0 fully saturated rings. The quantitative estimate of drug-likeness (QED) is 0.336. The van der Waals surface area contributed by atoms with Crippen LogP contribution >= 0.6 is 23.2 Å². The van der Waals surface area contributed by atoms with Crippen LogP contribution in [0, 0.1) is 0 Å². The molecule has 0 bridgehead atoms. The molecule has 2 rings (SSSR count). The van der Waals surface area contributed by atoms with Crippen molar-refractivity contribution in [2.75, 3.05) is 13.9 Å². The van der Waals surface area contributed by atoms with E-state index in [0.717, 1.165) is 11.1 Å². The monoisotopic (exact) mass is 338 g/mol. The number of ether oxygens (including phenoxy) is 1. The van der Waals surface area contributed by atoms with Crippen LogP contribution in [0.2, 0.25) is 10.0 Å². The summed E-state index contributed by atoms with van der Waals surface area (Å²) >= 11 is 12.3. The van der Waals surface area contributed by atoms with E-state index in [1.165, 1.54) is 7.11 Å². The van der Waals surface area contributed by atoms with Crippen LogP contribution in [0.1, 0.15) is 24.0 Å². The Labute approximate surface area is 139 Å². The van der Waals surface area contributed by atoms with Crippen molar-refractivity contribution in [2.24, 2.45) is 5.16 Å². The smallest absolute Gasteiger partial charge is 0.216 e. The lowest BCUT2D eigenvalue weighted by molar-refractivity contribution is -0.0284. The summed E-state index contributed by atoms with van der Waals surface area (Å²) in [6.07, 6.45) is 3.52. The molecule has 0 amide bonds. The third-order valence-corrected chi connectivity index (χ3v) is 3.68. The van der Waals surface area contributed by atoms with Gasteiger partial charge in [0.2, 0.25) is 6.79 Å². The lowest BCUT2D eigenvalue weighted by Crippen LogP contribution is -2.13. The van der Waals surface area contributed by atoms with Crippen LogP contribution in [0.25, 0.3) is 0 Å². The summed E-state index contributed by atoms with van der Waals surface area (Å²) in [5.74, 6) is -0.0516. The maximum Gasteiger partial charge on any atom is 0.216 e. The Hall–Kier alpha value is -1.62. The maximum atomic E-state index is 6.30. The van der Waals surface area contributed by atoms with Crippen LogP contribution in [0.5, 0.6) is 0 Å². The molecular formula is C16H16Cl2N2O2. The minimum absolute atomic E-state index is 0.0516. The summed E-state index contributed by atoms with van der Waals surface area (Å²) in [6.45, 7) is 2.07. The summed E-state index contributed by atoms with van der Waals surface area (Å²) in [4.78, 5) is 9.32. The molecule has 1 atom stereocenters. The zero-order chi connectivity index (χ0) is 15.9. The molecular weight excluding hydrogens is 323 g/mol. The van der Waals surface area contributed by atoms with Gasteiger partial charge in [-0.2, -0.15) is 0 Å². The second kappa shape index (κ2) is 8.13. The largest absolute Gasteiger partial charge is 0.367 e. The molecule has 6 heteroatoms. The Balaban J connectivity index is 2.40. The maximum absolute atomic E-state index is 6.30. The first-order valence-electron chi connectivity index (χ1n) is 6.67. The van der Waals surface area contributed by atoms with E-state index in [9.17, 15) is 0 Å². The molecule has 116 valence electrons. The second-order valence-corrected chi connectivity index (χ2v) is 5.49. The molecule has 1 unspecified atom stereocenters. The summed E-state index contributed by atoms with van der Waals surface area (Å²) in [6, 6.07) is 9.13. The first-order valence-corrected chi connectivity index (χ1v) is 7.43. The molecule has 1 aromatic carbocycles. The van der Waals surface area contributed by atoms with Crippen LogP contribution in [-0.4, -0.2) is 24.6 Å². The first kappa shape index (κ1) is 16.7. The first-order chi connectivity index (χ1) is 10.6. The molecule has 0 saturated carbocycles. The van der Waals surface area contributed by atoms with Crippen molar-refractivity contribution in [2.45, 2.75) is 12.8 Å². The highest BCUT2D eigenvalue weighted by Crippen LogP contribution is 2.28. The Morgan fingerprint density at radius 2 is 2.14 bits per heavy atom. The zero-order valence-corrected chi connectivity index (χ0v) is 13.8. The SMILES string of the molecule is COCON=C(c1ccc(Cl)cc1Cl)C(C)c1cccnc1. The van der Waals surface area contributed by atoms with Gasteiger partial charge in [-0.15, -0.1) is 0 Å². The number of rotatable bonds is 6. The number of aromatic nitrogens is 1. The highest BCUT2D eigenvalue weighted by atomic mass is 35.5. The molecule has 0 spiro atoms. The van der Waals surface area contributed by atoms with E-state index in [1.54, 1.807) is 24.5 Å². The number of oxime groups is 1. The molecule has 0 N–H and O–H groups in total. The molecule has 0 aliphatic rings. The number of halogens is 2. The third-order valence-electron chi connectivity index (χ3n) is 3.14. The predicted molar refractivity (Wildman–Crippen MR) is 88.6 cm³/mol. The Morgan fingerprint density at radius 1 is 1.32 bits per heavy atom. The van der Waals surface area contributed by atoms with Crippen LogP contribution in [0.15, 0.2) is 47.9 Å². The van der Waals surface area contributed by atoms with E-state index in [2.05, 4.69) is 10.1 Å². The minimum atomic E-state index is -0.0516. The normalized spacial score (nSPS) is 13.0. The molecule has 0 saturated heterocycles. The number of hydrogen-bond donors (Lipinski definition) is 0. The van der Waals surface area contributed by atoms with Crippen molar-refractivity contribution in [3.63, 3.8) is 0 Å². The van der Waals surface area contributed by atoms with Crippen molar-refractivity contribution < 1.29 is 9.57 Å². The van der Waals surface area contributed by atoms with Gasteiger partial charge >= 0.3 is 0 Å². The molecule has 0 radical (unpaired) electrons. The molecule has 4 nitrogen and oxygen atoms in total. The number of hydrogen-bond acceptors (Lipinski definition) is 4. The lowest BCUT2D eigenvalue weighted by atomic mass is 9.92. The summed E-state index contributed by atoms with van der Waals surface area (Å²) in [5, 5.41) is 5.27. The van der Waals surface area contributed by atoms with E-state index < -0.39 is 0 Å². The third kappa shape index (κ3) is 4.19.